The van der Waals surface area contributed by atoms with Gasteiger partial charge in [0.2, 0.25) is 5.91 Å². The van der Waals surface area contributed by atoms with Crippen LogP contribution in [0.15, 0.2) is 18.2 Å². The lowest BCUT2D eigenvalue weighted by Crippen LogP contribution is -2.52. The van der Waals surface area contributed by atoms with Gasteiger partial charge in [0.25, 0.3) is 5.91 Å². The van der Waals surface area contributed by atoms with Gasteiger partial charge in [0.15, 0.2) is 0 Å². The van der Waals surface area contributed by atoms with Gasteiger partial charge in [0.05, 0.1) is 0 Å². The normalized spacial score (nSPS) is 20.6. The molecule has 2 saturated heterocycles. The van der Waals surface area contributed by atoms with Crippen molar-refractivity contribution in [3.8, 4) is 0 Å². The fourth-order valence-electron chi connectivity index (χ4n) is 4.30. The van der Waals surface area contributed by atoms with Crippen LogP contribution in [-0.4, -0.2) is 70.0 Å². The molecular formula is C22H28F3N3O4. The molecule has 3 aliphatic rings. The molecule has 0 unspecified atom stereocenters. The number of likely N-dealkylation sites (tertiary alicyclic amines) is 2. The average Bonchev–Trinajstić information content (AvgIpc) is 3.55. The number of carboxylic acids is 1. The molecule has 1 aromatic heterocycles. The van der Waals surface area contributed by atoms with Crippen molar-refractivity contribution in [2.75, 3.05) is 26.2 Å². The Kier molecular flexibility index (Phi) is 7.09. The Labute approximate surface area is 184 Å². The number of aryl methyl sites for hydroxylation is 1. The van der Waals surface area contributed by atoms with Gasteiger partial charge in [0, 0.05) is 38.3 Å². The first-order chi connectivity index (χ1) is 15.0. The van der Waals surface area contributed by atoms with E-state index in [2.05, 4.69) is 9.88 Å². The van der Waals surface area contributed by atoms with E-state index in [0.717, 1.165) is 57.1 Å². The Balaban J connectivity index is 0.000000360. The third-order valence-corrected chi connectivity index (χ3v) is 6.38. The van der Waals surface area contributed by atoms with Gasteiger partial charge in [-0.3, -0.25) is 9.59 Å². The maximum absolute atomic E-state index is 12.7. The summed E-state index contributed by atoms with van der Waals surface area (Å²) < 4.78 is 31.7. The number of nitrogens with zero attached hydrogens (tertiary/aromatic N) is 3. The highest BCUT2D eigenvalue weighted by atomic mass is 19.4. The number of carbonyl (C=O) groups is 3. The van der Waals surface area contributed by atoms with Crippen molar-refractivity contribution in [3.05, 3.63) is 29.6 Å². The van der Waals surface area contributed by atoms with Crippen molar-refractivity contribution in [3.63, 3.8) is 0 Å². The quantitative estimate of drug-likeness (QED) is 0.756. The SMILES string of the molecule is Cc1cccc(C(=O)N2CCC3(CCC(=O)N(CC4CC4)C3)CC2)n1.O=C(O)C(F)(F)F. The summed E-state index contributed by atoms with van der Waals surface area (Å²) in [5, 5.41) is 7.12. The monoisotopic (exact) mass is 455 g/mol. The molecule has 1 aromatic rings. The van der Waals surface area contributed by atoms with Crippen LogP contribution < -0.4 is 0 Å². The van der Waals surface area contributed by atoms with E-state index in [1.165, 1.54) is 12.8 Å². The molecule has 10 heteroatoms. The number of alkyl halides is 3. The molecule has 32 heavy (non-hydrogen) atoms. The zero-order valence-electron chi connectivity index (χ0n) is 18.0. The Morgan fingerprint density at radius 2 is 1.81 bits per heavy atom. The molecule has 2 amide bonds. The van der Waals surface area contributed by atoms with E-state index >= 15 is 0 Å². The topological polar surface area (TPSA) is 90.8 Å². The standard InChI is InChI=1S/C20H27N3O2.C2HF3O2/c1-15-3-2-4-17(21-15)19(25)22-11-9-20(10-12-22)8-7-18(24)23(14-20)13-16-5-6-16;3-2(4,5)1(6)7/h2-4,16H,5-14H2,1H3;(H,6,7). The number of aliphatic carboxylic acids is 1. The van der Waals surface area contributed by atoms with Crippen LogP contribution in [0.1, 0.15) is 54.7 Å². The fraction of sp³-hybridized carbons (Fsp3) is 0.636. The zero-order valence-corrected chi connectivity index (χ0v) is 18.0. The first kappa shape index (κ1) is 24.0. The first-order valence-electron chi connectivity index (χ1n) is 10.8. The minimum atomic E-state index is -5.08. The summed E-state index contributed by atoms with van der Waals surface area (Å²) in [5.74, 6) is -1.64. The molecule has 0 atom stereocenters. The van der Waals surface area contributed by atoms with Gasteiger partial charge in [-0.05, 0) is 62.5 Å². The Morgan fingerprint density at radius 1 is 1.19 bits per heavy atom. The molecule has 1 saturated carbocycles. The van der Waals surface area contributed by atoms with Gasteiger partial charge in [-0.1, -0.05) is 6.07 Å². The molecule has 0 radical (unpaired) electrons. The number of hydrogen-bond donors (Lipinski definition) is 1. The minimum absolute atomic E-state index is 0.0419. The number of carbonyl (C=O) groups excluding carboxylic acids is 2. The van der Waals surface area contributed by atoms with Gasteiger partial charge in [-0.15, -0.1) is 0 Å². The summed E-state index contributed by atoms with van der Waals surface area (Å²) in [5.41, 5.74) is 1.64. The Hall–Kier alpha value is -2.65. The Bertz CT molecular complexity index is 862. The van der Waals surface area contributed by atoms with Crippen LogP contribution in [0.3, 0.4) is 0 Å². The second kappa shape index (κ2) is 9.46. The van der Waals surface area contributed by atoms with Crippen LogP contribution in [0, 0.1) is 18.3 Å². The van der Waals surface area contributed by atoms with Crippen molar-refractivity contribution in [1.29, 1.82) is 0 Å². The van der Waals surface area contributed by atoms with Crippen molar-refractivity contribution in [1.82, 2.24) is 14.8 Å². The number of carboxylic acid groups (broad SMARTS) is 1. The summed E-state index contributed by atoms with van der Waals surface area (Å²) in [6.07, 6.45) is 1.14. The molecule has 1 aliphatic carbocycles. The third-order valence-electron chi connectivity index (χ3n) is 6.38. The molecule has 3 fully saturated rings. The van der Waals surface area contributed by atoms with Crippen LogP contribution in [0.25, 0.3) is 0 Å². The van der Waals surface area contributed by atoms with Gasteiger partial charge in [0.1, 0.15) is 5.69 Å². The molecule has 7 nitrogen and oxygen atoms in total. The van der Waals surface area contributed by atoms with E-state index in [1.807, 2.05) is 24.0 Å². The number of rotatable bonds is 3. The number of halogens is 3. The van der Waals surface area contributed by atoms with Gasteiger partial charge >= 0.3 is 12.1 Å². The molecule has 4 rings (SSSR count). The third kappa shape index (κ3) is 6.20. The number of amides is 2. The summed E-state index contributed by atoms with van der Waals surface area (Å²) in [4.78, 5) is 42.2. The maximum atomic E-state index is 12.7. The summed E-state index contributed by atoms with van der Waals surface area (Å²) in [7, 11) is 0. The lowest BCUT2D eigenvalue weighted by molar-refractivity contribution is -0.192. The summed E-state index contributed by atoms with van der Waals surface area (Å²) in [6, 6.07) is 5.61. The predicted molar refractivity (Wildman–Crippen MR) is 109 cm³/mol. The van der Waals surface area contributed by atoms with Crippen LogP contribution in [0.2, 0.25) is 0 Å². The summed E-state index contributed by atoms with van der Waals surface area (Å²) in [6.45, 7) is 5.32. The number of pyridine rings is 1. The fourth-order valence-corrected chi connectivity index (χ4v) is 4.30. The average molecular weight is 455 g/mol. The van der Waals surface area contributed by atoms with Crippen LogP contribution >= 0.6 is 0 Å². The molecule has 0 bridgehead atoms. The Morgan fingerprint density at radius 3 is 2.34 bits per heavy atom. The van der Waals surface area contributed by atoms with Crippen molar-refractivity contribution in [2.45, 2.75) is 51.6 Å². The minimum Gasteiger partial charge on any atom is -0.475 e. The van der Waals surface area contributed by atoms with E-state index in [-0.39, 0.29) is 11.3 Å². The second-order valence-corrected chi connectivity index (χ2v) is 8.98. The molecule has 0 aromatic carbocycles. The van der Waals surface area contributed by atoms with Crippen molar-refractivity contribution >= 4 is 17.8 Å². The molecule has 3 heterocycles. The predicted octanol–water partition coefficient (Wildman–Crippen LogP) is 3.28. The highest BCUT2D eigenvalue weighted by Gasteiger charge is 2.43. The highest BCUT2D eigenvalue weighted by molar-refractivity contribution is 5.92. The highest BCUT2D eigenvalue weighted by Crippen LogP contribution is 2.42. The molecule has 1 N–H and O–H groups in total. The van der Waals surface area contributed by atoms with Crippen LogP contribution in [-0.2, 0) is 9.59 Å². The second-order valence-electron chi connectivity index (χ2n) is 8.98. The van der Waals surface area contributed by atoms with E-state index in [0.29, 0.717) is 18.0 Å². The zero-order chi connectivity index (χ0) is 23.5. The van der Waals surface area contributed by atoms with Gasteiger partial charge in [-0.2, -0.15) is 13.2 Å². The van der Waals surface area contributed by atoms with Crippen LogP contribution in [0.4, 0.5) is 13.2 Å². The molecular weight excluding hydrogens is 427 g/mol. The van der Waals surface area contributed by atoms with Gasteiger partial charge < -0.3 is 14.9 Å². The lowest BCUT2D eigenvalue weighted by atomic mass is 9.72. The first-order valence-corrected chi connectivity index (χ1v) is 10.8. The van der Waals surface area contributed by atoms with E-state index in [4.69, 9.17) is 9.90 Å². The summed E-state index contributed by atoms with van der Waals surface area (Å²) >= 11 is 0. The van der Waals surface area contributed by atoms with E-state index in [1.54, 1.807) is 6.07 Å². The van der Waals surface area contributed by atoms with Gasteiger partial charge in [-0.25, -0.2) is 9.78 Å². The molecule has 2 aliphatic heterocycles. The number of piperidine rings is 2. The number of aromatic nitrogens is 1. The smallest absolute Gasteiger partial charge is 0.475 e. The largest absolute Gasteiger partial charge is 0.490 e. The van der Waals surface area contributed by atoms with Crippen molar-refractivity contribution < 1.29 is 32.7 Å². The molecule has 176 valence electrons. The lowest BCUT2D eigenvalue weighted by Gasteiger charge is -2.47. The maximum Gasteiger partial charge on any atom is 0.490 e. The molecule has 1 spiro atoms. The van der Waals surface area contributed by atoms with Crippen molar-refractivity contribution in [2.24, 2.45) is 11.3 Å². The van der Waals surface area contributed by atoms with E-state index in [9.17, 15) is 22.8 Å². The van der Waals surface area contributed by atoms with E-state index < -0.39 is 12.1 Å². The van der Waals surface area contributed by atoms with Crippen LogP contribution in [0.5, 0.6) is 0 Å². The number of hydrogen-bond acceptors (Lipinski definition) is 4.